The van der Waals surface area contributed by atoms with Gasteiger partial charge in [-0.25, -0.2) is 4.79 Å². The predicted molar refractivity (Wildman–Crippen MR) is 64.3 cm³/mol. The molecule has 0 bridgehead atoms. The van der Waals surface area contributed by atoms with Crippen LogP contribution in [0.15, 0.2) is 11.8 Å². The summed E-state index contributed by atoms with van der Waals surface area (Å²) < 4.78 is 4.74. The molecule has 1 saturated carbocycles. The van der Waals surface area contributed by atoms with E-state index in [1.807, 2.05) is 6.92 Å². The lowest BCUT2D eigenvalue weighted by Gasteiger charge is -2.05. The molecular weight excluding hydrogens is 220 g/mol. The van der Waals surface area contributed by atoms with Gasteiger partial charge >= 0.3 is 12.0 Å². The van der Waals surface area contributed by atoms with E-state index in [1.54, 1.807) is 13.1 Å². The Morgan fingerprint density at radius 2 is 2.12 bits per heavy atom. The molecule has 0 unspecified atom stereocenters. The first-order valence-corrected chi connectivity index (χ1v) is 6.00. The minimum absolute atomic E-state index is 0.201. The van der Waals surface area contributed by atoms with Crippen molar-refractivity contribution in [3.63, 3.8) is 0 Å². The summed E-state index contributed by atoms with van der Waals surface area (Å²) in [6.45, 7) is 4.43. The van der Waals surface area contributed by atoms with Gasteiger partial charge in [0, 0.05) is 12.7 Å². The fourth-order valence-electron chi connectivity index (χ4n) is 1.40. The van der Waals surface area contributed by atoms with Crippen LogP contribution in [0.4, 0.5) is 4.79 Å². The summed E-state index contributed by atoms with van der Waals surface area (Å²) in [4.78, 5) is 22.3. The van der Waals surface area contributed by atoms with E-state index in [9.17, 15) is 9.59 Å². The van der Waals surface area contributed by atoms with E-state index in [1.165, 1.54) is 18.4 Å². The van der Waals surface area contributed by atoms with Crippen LogP contribution in [0, 0.1) is 5.92 Å². The second-order valence-corrected chi connectivity index (χ2v) is 4.12. The standard InChI is InChI=1S/C12H20N2O3/c1-3-17-11(15)6-7-13-12(16)14-8-9(2)10-4-5-10/h8,10H,3-7H2,1-2H3,(H2,13,14,16)/b9-8+. The van der Waals surface area contributed by atoms with Crippen molar-refractivity contribution in [2.24, 2.45) is 5.92 Å². The minimum Gasteiger partial charge on any atom is -0.466 e. The van der Waals surface area contributed by atoms with Crippen molar-refractivity contribution < 1.29 is 14.3 Å². The minimum atomic E-state index is -0.294. The highest BCUT2D eigenvalue weighted by atomic mass is 16.5. The maximum Gasteiger partial charge on any atom is 0.318 e. The zero-order chi connectivity index (χ0) is 12.7. The molecule has 96 valence electrons. The zero-order valence-corrected chi connectivity index (χ0v) is 10.4. The van der Waals surface area contributed by atoms with E-state index in [0.717, 1.165) is 0 Å². The molecule has 0 radical (unpaired) electrons. The summed E-state index contributed by atoms with van der Waals surface area (Å²) >= 11 is 0. The summed E-state index contributed by atoms with van der Waals surface area (Å²) in [5.41, 5.74) is 1.20. The van der Waals surface area contributed by atoms with Crippen LogP contribution in [-0.4, -0.2) is 25.2 Å². The molecule has 0 aromatic carbocycles. The number of urea groups is 1. The smallest absolute Gasteiger partial charge is 0.318 e. The van der Waals surface area contributed by atoms with Crippen molar-refractivity contribution in [2.45, 2.75) is 33.1 Å². The molecule has 1 aliphatic rings. The maximum absolute atomic E-state index is 11.3. The summed E-state index contributed by atoms with van der Waals surface area (Å²) in [5.74, 6) is 0.354. The number of nitrogens with one attached hydrogen (secondary N) is 2. The van der Waals surface area contributed by atoms with Gasteiger partial charge in [0.15, 0.2) is 0 Å². The Morgan fingerprint density at radius 3 is 2.71 bits per heavy atom. The van der Waals surface area contributed by atoms with Crippen LogP contribution in [0.3, 0.4) is 0 Å². The average molecular weight is 240 g/mol. The molecule has 2 N–H and O–H groups in total. The fraction of sp³-hybridized carbons (Fsp3) is 0.667. The van der Waals surface area contributed by atoms with Crippen LogP contribution < -0.4 is 10.6 Å². The Balaban J connectivity index is 2.08. The van der Waals surface area contributed by atoms with Gasteiger partial charge in [-0.05, 0) is 32.6 Å². The second kappa shape index (κ2) is 6.93. The van der Waals surface area contributed by atoms with Crippen LogP contribution in [-0.2, 0) is 9.53 Å². The third kappa shape index (κ3) is 5.94. The number of amides is 2. The quantitative estimate of drug-likeness (QED) is 0.692. The Morgan fingerprint density at radius 1 is 1.41 bits per heavy atom. The number of ether oxygens (including phenoxy) is 1. The van der Waals surface area contributed by atoms with Gasteiger partial charge in [0.05, 0.1) is 13.0 Å². The molecule has 0 heterocycles. The molecule has 2 amide bonds. The summed E-state index contributed by atoms with van der Waals surface area (Å²) in [6, 6.07) is -0.283. The van der Waals surface area contributed by atoms with Gasteiger partial charge in [-0.15, -0.1) is 0 Å². The third-order valence-electron chi connectivity index (χ3n) is 2.57. The molecule has 1 fully saturated rings. The topological polar surface area (TPSA) is 67.4 Å². The zero-order valence-electron chi connectivity index (χ0n) is 10.4. The molecule has 0 aliphatic heterocycles. The molecule has 0 atom stereocenters. The number of allylic oxidation sites excluding steroid dienone is 1. The van der Waals surface area contributed by atoms with Gasteiger partial charge in [0.1, 0.15) is 0 Å². The van der Waals surface area contributed by atoms with Crippen molar-refractivity contribution in [2.75, 3.05) is 13.2 Å². The molecular formula is C12H20N2O3. The largest absolute Gasteiger partial charge is 0.466 e. The maximum atomic E-state index is 11.3. The number of esters is 1. The van der Waals surface area contributed by atoms with E-state index in [0.29, 0.717) is 19.1 Å². The Hall–Kier alpha value is -1.52. The summed E-state index contributed by atoms with van der Waals surface area (Å²) in [5, 5.41) is 5.24. The number of hydrogen-bond acceptors (Lipinski definition) is 3. The van der Waals surface area contributed by atoms with Crippen molar-refractivity contribution in [1.29, 1.82) is 0 Å². The Kier molecular flexibility index (Phi) is 5.52. The van der Waals surface area contributed by atoms with Gasteiger partial charge in [-0.1, -0.05) is 5.57 Å². The predicted octanol–water partition coefficient (Wildman–Crippen LogP) is 1.55. The van der Waals surface area contributed by atoms with Crippen molar-refractivity contribution >= 4 is 12.0 Å². The molecule has 0 saturated heterocycles. The molecule has 1 rings (SSSR count). The van der Waals surface area contributed by atoms with Gasteiger partial charge < -0.3 is 15.4 Å². The van der Waals surface area contributed by atoms with Crippen molar-refractivity contribution in [1.82, 2.24) is 10.6 Å². The van der Waals surface area contributed by atoms with Crippen molar-refractivity contribution in [3.05, 3.63) is 11.8 Å². The molecule has 17 heavy (non-hydrogen) atoms. The average Bonchev–Trinajstić information content (AvgIpc) is 3.10. The third-order valence-corrected chi connectivity index (χ3v) is 2.57. The number of rotatable bonds is 6. The van der Waals surface area contributed by atoms with Gasteiger partial charge in [0.2, 0.25) is 0 Å². The van der Waals surface area contributed by atoms with E-state index in [4.69, 9.17) is 4.74 Å². The number of hydrogen-bond donors (Lipinski definition) is 2. The van der Waals surface area contributed by atoms with E-state index < -0.39 is 0 Å². The lowest BCUT2D eigenvalue weighted by atomic mass is 10.2. The SMILES string of the molecule is CCOC(=O)CCNC(=O)N/C=C(\C)C1CC1. The van der Waals surface area contributed by atoms with Crippen LogP contribution in [0.25, 0.3) is 0 Å². The lowest BCUT2D eigenvalue weighted by Crippen LogP contribution is -2.34. The van der Waals surface area contributed by atoms with Crippen LogP contribution >= 0.6 is 0 Å². The molecule has 0 aromatic rings. The second-order valence-electron chi connectivity index (χ2n) is 4.12. The fourth-order valence-corrected chi connectivity index (χ4v) is 1.40. The Bertz CT molecular complexity index is 309. The first kappa shape index (κ1) is 13.5. The number of carbonyl (C=O) groups excluding carboxylic acids is 2. The lowest BCUT2D eigenvalue weighted by molar-refractivity contribution is -0.142. The normalized spacial score (nSPS) is 15.3. The highest BCUT2D eigenvalue weighted by Gasteiger charge is 2.22. The first-order chi connectivity index (χ1) is 8.13. The Labute approximate surface area is 102 Å². The van der Waals surface area contributed by atoms with Gasteiger partial charge in [0.25, 0.3) is 0 Å². The van der Waals surface area contributed by atoms with E-state index in [-0.39, 0.29) is 18.4 Å². The molecule has 5 nitrogen and oxygen atoms in total. The number of carbonyl (C=O) groups is 2. The van der Waals surface area contributed by atoms with Gasteiger partial charge in [-0.2, -0.15) is 0 Å². The molecule has 5 heteroatoms. The van der Waals surface area contributed by atoms with Crippen molar-refractivity contribution in [3.8, 4) is 0 Å². The highest BCUT2D eigenvalue weighted by molar-refractivity contribution is 5.76. The van der Waals surface area contributed by atoms with E-state index in [2.05, 4.69) is 10.6 Å². The first-order valence-electron chi connectivity index (χ1n) is 6.00. The molecule has 1 aliphatic carbocycles. The van der Waals surface area contributed by atoms with Crippen LogP contribution in [0.1, 0.15) is 33.1 Å². The molecule has 0 spiro atoms. The molecule has 0 aromatic heterocycles. The monoisotopic (exact) mass is 240 g/mol. The summed E-state index contributed by atoms with van der Waals surface area (Å²) in [6.07, 6.45) is 4.37. The van der Waals surface area contributed by atoms with Gasteiger partial charge in [-0.3, -0.25) is 4.79 Å². The van der Waals surface area contributed by atoms with E-state index >= 15 is 0 Å². The van der Waals surface area contributed by atoms with Crippen LogP contribution in [0.2, 0.25) is 0 Å². The van der Waals surface area contributed by atoms with Crippen LogP contribution in [0.5, 0.6) is 0 Å². The summed E-state index contributed by atoms with van der Waals surface area (Å²) in [7, 11) is 0. The highest BCUT2D eigenvalue weighted by Crippen LogP contribution is 2.35.